The molecule has 1 aromatic carbocycles. The molecule has 19 heavy (non-hydrogen) atoms. The molecule has 2 unspecified atom stereocenters. The highest BCUT2D eigenvalue weighted by Crippen LogP contribution is 2.32. The van der Waals surface area contributed by atoms with Crippen LogP contribution in [0.2, 0.25) is 0 Å². The minimum atomic E-state index is -0.633. The third-order valence-electron chi connectivity index (χ3n) is 3.27. The van der Waals surface area contributed by atoms with Gasteiger partial charge in [-0.3, -0.25) is 0 Å². The van der Waals surface area contributed by atoms with Gasteiger partial charge in [0, 0.05) is 6.42 Å². The van der Waals surface area contributed by atoms with E-state index < -0.39 is 6.10 Å². The third-order valence-corrected chi connectivity index (χ3v) is 3.27. The fraction of sp³-hybridized carbons (Fsp3) is 0.600. The first-order valence-electron chi connectivity index (χ1n) is 6.90. The summed E-state index contributed by atoms with van der Waals surface area (Å²) in [5.74, 6) is 1.45. The lowest BCUT2D eigenvalue weighted by Gasteiger charge is -2.16. The van der Waals surface area contributed by atoms with Gasteiger partial charge < -0.3 is 19.3 Å². The standard InChI is InChI=1S/C15H22O4/c1-3-11(2)19-10-13(16)12-5-6-14-15(9-12)18-8-4-7-17-14/h5-6,9,11,13,16H,3-4,7-8,10H2,1-2H3. The molecule has 0 aromatic heterocycles. The van der Waals surface area contributed by atoms with E-state index in [2.05, 4.69) is 6.92 Å². The van der Waals surface area contributed by atoms with E-state index in [0.29, 0.717) is 25.6 Å². The zero-order valence-corrected chi connectivity index (χ0v) is 11.6. The molecule has 4 heteroatoms. The second-order valence-corrected chi connectivity index (χ2v) is 4.82. The van der Waals surface area contributed by atoms with Crippen molar-refractivity contribution in [2.75, 3.05) is 19.8 Å². The van der Waals surface area contributed by atoms with Gasteiger partial charge in [0.2, 0.25) is 0 Å². The number of aliphatic hydroxyl groups excluding tert-OH is 1. The Morgan fingerprint density at radius 1 is 1.26 bits per heavy atom. The molecule has 4 nitrogen and oxygen atoms in total. The number of hydrogen-bond donors (Lipinski definition) is 1. The molecule has 0 spiro atoms. The van der Waals surface area contributed by atoms with Crippen LogP contribution in [0.25, 0.3) is 0 Å². The predicted molar refractivity (Wildman–Crippen MR) is 72.7 cm³/mol. The van der Waals surface area contributed by atoms with E-state index in [9.17, 15) is 5.11 Å². The molecule has 0 saturated carbocycles. The lowest BCUT2D eigenvalue weighted by Crippen LogP contribution is -2.13. The van der Waals surface area contributed by atoms with Crippen LogP contribution in [0.4, 0.5) is 0 Å². The first-order chi connectivity index (χ1) is 9.20. The van der Waals surface area contributed by atoms with Crippen LogP contribution in [-0.4, -0.2) is 31.0 Å². The van der Waals surface area contributed by atoms with Crippen LogP contribution < -0.4 is 9.47 Å². The normalized spacial score (nSPS) is 17.6. The van der Waals surface area contributed by atoms with Gasteiger partial charge in [0.05, 0.1) is 25.9 Å². The van der Waals surface area contributed by atoms with Crippen molar-refractivity contribution in [2.45, 2.75) is 38.9 Å². The van der Waals surface area contributed by atoms with Crippen LogP contribution in [0, 0.1) is 0 Å². The van der Waals surface area contributed by atoms with Crippen molar-refractivity contribution in [3.05, 3.63) is 23.8 Å². The van der Waals surface area contributed by atoms with Crippen molar-refractivity contribution in [1.29, 1.82) is 0 Å². The first kappa shape index (κ1) is 14.2. The molecule has 2 atom stereocenters. The SMILES string of the molecule is CCC(C)OCC(O)c1ccc2c(c1)OCCCO2. The topological polar surface area (TPSA) is 47.9 Å². The Morgan fingerprint density at radius 2 is 2.00 bits per heavy atom. The maximum Gasteiger partial charge on any atom is 0.161 e. The number of rotatable bonds is 5. The van der Waals surface area contributed by atoms with Crippen molar-refractivity contribution < 1.29 is 19.3 Å². The molecule has 0 fully saturated rings. The zero-order chi connectivity index (χ0) is 13.7. The summed E-state index contributed by atoms with van der Waals surface area (Å²) in [5, 5.41) is 10.1. The minimum absolute atomic E-state index is 0.162. The van der Waals surface area contributed by atoms with Crippen LogP contribution in [0.5, 0.6) is 11.5 Å². The monoisotopic (exact) mass is 266 g/mol. The molecule has 106 valence electrons. The number of aliphatic hydroxyl groups is 1. The Morgan fingerprint density at radius 3 is 2.74 bits per heavy atom. The van der Waals surface area contributed by atoms with Gasteiger partial charge in [0.15, 0.2) is 11.5 Å². The van der Waals surface area contributed by atoms with E-state index in [1.807, 2.05) is 25.1 Å². The molecule has 1 aliphatic rings. The summed E-state index contributed by atoms with van der Waals surface area (Å²) in [6.45, 7) is 5.68. The van der Waals surface area contributed by atoms with E-state index in [1.54, 1.807) is 0 Å². The Labute approximate surface area is 114 Å². The lowest BCUT2D eigenvalue weighted by molar-refractivity contribution is -0.00382. The second kappa shape index (κ2) is 6.78. The summed E-state index contributed by atoms with van der Waals surface area (Å²) in [4.78, 5) is 0. The molecule has 2 rings (SSSR count). The lowest BCUT2D eigenvalue weighted by atomic mass is 10.1. The van der Waals surface area contributed by atoms with Crippen molar-refractivity contribution in [2.24, 2.45) is 0 Å². The average Bonchev–Trinajstić information content (AvgIpc) is 2.68. The molecule has 0 radical (unpaired) electrons. The number of ether oxygens (including phenoxy) is 3. The van der Waals surface area contributed by atoms with E-state index in [-0.39, 0.29) is 6.10 Å². The highest BCUT2D eigenvalue weighted by atomic mass is 16.5. The van der Waals surface area contributed by atoms with Gasteiger partial charge in [-0.2, -0.15) is 0 Å². The summed E-state index contributed by atoms with van der Waals surface area (Å²) in [7, 11) is 0. The van der Waals surface area contributed by atoms with Crippen LogP contribution >= 0.6 is 0 Å². The molecule has 0 amide bonds. The summed E-state index contributed by atoms with van der Waals surface area (Å²) in [6.07, 6.45) is 1.35. The van der Waals surface area contributed by atoms with Crippen molar-refractivity contribution in [3.8, 4) is 11.5 Å². The molecule has 0 bridgehead atoms. The predicted octanol–water partition coefficient (Wildman–Crippen LogP) is 2.70. The Balaban J connectivity index is 2.02. The maximum atomic E-state index is 10.1. The Hall–Kier alpha value is -1.26. The Kier molecular flexibility index (Phi) is 5.05. The second-order valence-electron chi connectivity index (χ2n) is 4.82. The van der Waals surface area contributed by atoms with Gasteiger partial charge in [-0.25, -0.2) is 0 Å². The van der Waals surface area contributed by atoms with E-state index in [0.717, 1.165) is 24.2 Å². The highest BCUT2D eigenvalue weighted by Gasteiger charge is 2.15. The molecule has 1 N–H and O–H groups in total. The average molecular weight is 266 g/mol. The fourth-order valence-electron chi connectivity index (χ4n) is 1.86. The minimum Gasteiger partial charge on any atom is -0.490 e. The van der Waals surface area contributed by atoms with Gasteiger partial charge in [-0.1, -0.05) is 13.0 Å². The van der Waals surface area contributed by atoms with Gasteiger partial charge >= 0.3 is 0 Å². The molecule has 0 aliphatic carbocycles. The van der Waals surface area contributed by atoms with Gasteiger partial charge in [-0.15, -0.1) is 0 Å². The maximum absolute atomic E-state index is 10.1. The molecular weight excluding hydrogens is 244 g/mol. The van der Waals surface area contributed by atoms with Crippen LogP contribution in [0.1, 0.15) is 38.4 Å². The summed E-state index contributed by atoms with van der Waals surface area (Å²) in [6, 6.07) is 5.55. The quantitative estimate of drug-likeness (QED) is 0.890. The van der Waals surface area contributed by atoms with E-state index >= 15 is 0 Å². The number of fused-ring (bicyclic) bond motifs is 1. The largest absolute Gasteiger partial charge is 0.490 e. The summed E-state index contributed by atoms with van der Waals surface area (Å²) in [5.41, 5.74) is 0.799. The fourth-order valence-corrected chi connectivity index (χ4v) is 1.86. The summed E-state index contributed by atoms with van der Waals surface area (Å²) < 4.78 is 16.7. The highest BCUT2D eigenvalue weighted by molar-refractivity contribution is 5.44. The van der Waals surface area contributed by atoms with Crippen molar-refractivity contribution >= 4 is 0 Å². The van der Waals surface area contributed by atoms with Crippen LogP contribution in [0.3, 0.4) is 0 Å². The molecule has 1 heterocycles. The number of benzene rings is 1. The van der Waals surface area contributed by atoms with Gasteiger partial charge in [0.1, 0.15) is 6.10 Å². The van der Waals surface area contributed by atoms with Crippen LogP contribution in [0.15, 0.2) is 18.2 Å². The third kappa shape index (κ3) is 3.85. The molecular formula is C15H22O4. The van der Waals surface area contributed by atoms with E-state index in [1.165, 1.54) is 0 Å². The molecule has 0 saturated heterocycles. The van der Waals surface area contributed by atoms with E-state index in [4.69, 9.17) is 14.2 Å². The van der Waals surface area contributed by atoms with Crippen molar-refractivity contribution in [1.82, 2.24) is 0 Å². The first-order valence-corrected chi connectivity index (χ1v) is 6.90. The smallest absolute Gasteiger partial charge is 0.161 e. The van der Waals surface area contributed by atoms with Crippen molar-refractivity contribution in [3.63, 3.8) is 0 Å². The summed E-state index contributed by atoms with van der Waals surface area (Å²) >= 11 is 0. The number of hydrogen-bond acceptors (Lipinski definition) is 4. The van der Waals surface area contributed by atoms with Crippen LogP contribution in [-0.2, 0) is 4.74 Å². The van der Waals surface area contributed by atoms with Gasteiger partial charge in [-0.05, 0) is 31.0 Å². The van der Waals surface area contributed by atoms with Gasteiger partial charge in [0.25, 0.3) is 0 Å². The molecule has 1 aliphatic heterocycles. The Bertz CT molecular complexity index is 405. The molecule has 1 aromatic rings. The zero-order valence-electron chi connectivity index (χ0n) is 11.6.